The number of aliphatic hydroxyl groups is 4. The molecule has 7 heteroatoms. The highest BCUT2D eigenvalue weighted by atomic mass is 16.7. The monoisotopic (exact) mass is 284 g/mol. The van der Waals surface area contributed by atoms with E-state index in [-0.39, 0.29) is 5.56 Å². The van der Waals surface area contributed by atoms with Crippen LogP contribution in [0.4, 0.5) is 0 Å². The highest BCUT2D eigenvalue weighted by Crippen LogP contribution is 2.22. The normalized spacial score (nSPS) is 33.7. The first kappa shape index (κ1) is 14.9. The lowest BCUT2D eigenvalue weighted by Crippen LogP contribution is -2.59. The molecule has 5 atom stereocenters. The molecule has 0 aromatic heterocycles. The average molecular weight is 284 g/mol. The van der Waals surface area contributed by atoms with E-state index in [1.54, 1.807) is 18.2 Å². The van der Waals surface area contributed by atoms with Crippen molar-refractivity contribution in [3.8, 4) is 0 Å². The van der Waals surface area contributed by atoms with Gasteiger partial charge in [0, 0.05) is 0 Å². The second-order valence-electron chi connectivity index (χ2n) is 4.47. The van der Waals surface area contributed by atoms with Crippen LogP contribution >= 0.6 is 0 Å². The number of aliphatic hydroxyl groups excluding tert-OH is 4. The number of ether oxygens (including phenoxy) is 2. The van der Waals surface area contributed by atoms with E-state index in [0.717, 1.165) is 0 Å². The molecule has 0 spiro atoms. The molecule has 0 amide bonds. The lowest BCUT2D eigenvalue weighted by atomic mass is 9.99. The Bertz CT molecular complexity index is 447. The number of carbonyl (C=O) groups excluding carboxylic acids is 1. The van der Waals surface area contributed by atoms with Gasteiger partial charge in [-0.2, -0.15) is 0 Å². The van der Waals surface area contributed by atoms with Crippen molar-refractivity contribution in [2.24, 2.45) is 0 Å². The second kappa shape index (κ2) is 6.29. The fourth-order valence-corrected chi connectivity index (χ4v) is 1.91. The van der Waals surface area contributed by atoms with Crippen LogP contribution in [0.25, 0.3) is 0 Å². The number of carbonyl (C=O) groups is 1. The van der Waals surface area contributed by atoms with Crippen molar-refractivity contribution in [3.63, 3.8) is 0 Å². The summed E-state index contributed by atoms with van der Waals surface area (Å²) in [6, 6.07) is 8.05. The first-order valence-corrected chi connectivity index (χ1v) is 6.11. The summed E-state index contributed by atoms with van der Waals surface area (Å²) in [5, 5.41) is 37.9. The Morgan fingerprint density at radius 1 is 1.10 bits per heavy atom. The van der Waals surface area contributed by atoms with Gasteiger partial charge in [0.25, 0.3) is 0 Å². The van der Waals surface area contributed by atoms with E-state index in [0.29, 0.717) is 0 Å². The predicted octanol–water partition coefficient (Wildman–Crippen LogP) is -1.36. The van der Waals surface area contributed by atoms with Crippen molar-refractivity contribution in [1.29, 1.82) is 0 Å². The molecule has 1 aliphatic heterocycles. The van der Waals surface area contributed by atoms with Gasteiger partial charge in [0.2, 0.25) is 6.29 Å². The lowest BCUT2D eigenvalue weighted by Gasteiger charge is -2.39. The third-order valence-electron chi connectivity index (χ3n) is 3.08. The molecular formula is C13H16O7. The van der Waals surface area contributed by atoms with Gasteiger partial charge in [-0.25, -0.2) is 4.79 Å². The smallest absolute Gasteiger partial charge is 0.340 e. The highest BCUT2D eigenvalue weighted by Gasteiger charge is 2.45. The maximum atomic E-state index is 11.8. The summed E-state index contributed by atoms with van der Waals surface area (Å²) >= 11 is 0. The largest absolute Gasteiger partial charge is 0.429 e. The zero-order valence-corrected chi connectivity index (χ0v) is 10.5. The minimum atomic E-state index is -1.60. The SMILES string of the molecule is O=C(O[C@H]1O[C@@H](CO)[C@H](O)[C@@H](O)[C@@H]1O)c1ccccc1. The third kappa shape index (κ3) is 2.97. The van der Waals surface area contributed by atoms with E-state index in [9.17, 15) is 20.1 Å². The maximum Gasteiger partial charge on any atom is 0.340 e. The minimum Gasteiger partial charge on any atom is -0.429 e. The fraction of sp³-hybridized carbons (Fsp3) is 0.462. The topological polar surface area (TPSA) is 116 Å². The van der Waals surface area contributed by atoms with Crippen LogP contribution in [0.2, 0.25) is 0 Å². The van der Waals surface area contributed by atoms with Gasteiger partial charge in [-0.15, -0.1) is 0 Å². The van der Waals surface area contributed by atoms with Gasteiger partial charge in [0.1, 0.15) is 24.4 Å². The van der Waals surface area contributed by atoms with E-state index in [4.69, 9.17) is 14.6 Å². The van der Waals surface area contributed by atoms with E-state index >= 15 is 0 Å². The van der Waals surface area contributed by atoms with Crippen LogP contribution in [-0.4, -0.2) is 63.7 Å². The molecule has 20 heavy (non-hydrogen) atoms. The molecule has 1 aromatic rings. The number of hydrogen-bond donors (Lipinski definition) is 4. The van der Waals surface area contributed by atoms with Crippen LogP contribution in [0.15, 0.2) is 30.3 Å². The van der Waals surface area contributed by atoms with Crippen LogP contribution in [0, 0.1) is 0 Å². The summed E-state index contributed by atoms with van der Waals surface area (Å²) in [5.74, 6) is -0.741. The summed E-state index contributed by atoms with van der Waals surface area (Å²) < 4.78 is 10.0. The quantitative estimate of drug-likeness (QED) is 0.507. The van der Waals surface area contributed by atoms with Crippen molar-refractivity contribution < 1.29 is 34.7 Å². The summed E-state index contributed by atoms with van der Waals surface area (Å²) in [4.78, 5) is 11.8. The molecule has 4 N–H and O–H groups in total. The van der Waals surface area contributed by atoms with E-state index in [1.807, 2.05) is 0 Å². The van der Waals surface area contributed by atoms with Crippen LogP contribution in [0.1, 0.15) is 10.4 Å². The molecule has 0 saturated carbocycles. The molecule has 0 unspecified atom stereocenters. The van der Waals surface area contributed by atoms with Crippen molar-refractivity contribution in [2.75, 3.05) is 6.61 Å². The van der Waals surface area contributed by atoms with Crippen LogP contribution < -0.4 is 0 Å². The first-order valence-electron chi connectivity index (χ1n) is 6.11. The number of benzene rings is 1. The molecule has 7 nitrogen and oxygen atoms in total. The molecule has 2 rings (SSSR count). The third-order valence-corrected chi connectivity index (χ3v) is 3.08. The standard InChI is InChI=1S/C13H16O7/c14-6-8-9(15)10(16)11(17)13(19-8)20-12(18)7-4-2-1-3-5-7/h1-5,8-11,13-17H,6H2/t8-,9-,10+,11-,13+/m0/s1. The molecule has 110 valence electrons. The van der Waals surface area contributed by atoms with Gasteiger partial charge in [-0.05, 0) is 12.1 Å². The number of esters is 1. The Labute approximate surface area is 115 Å². The summed E-state index contributed by atoms with van der Waals surface area (Å²) in [6.45, 7) is -0.579. The summed E-state index contributed by atoms with van der Waals surface area (Å²) in [6.07, 6.45) is -7.23. The maximum absolute atomic E-state index is 11.8. The van der Waals surface area contributed by atoms with Gasteiger partial charge in [-0.3, -0.25) is 0 Å². The molecule has 0 aliphatic carbocycles. The Morgan fingerprint density at radius 2 is 1.75 bits per heavy atom. The molecule has 1 saturated heterocycles. The average Bonchev–Trinajstić information content (AvgIpc) is 2.48. The zero-order valence-electron chi connectivity index (χ0n) is 10.5. The van der Waals surface area contributed by atoms with Crippen LogP contribution in [0.3, 0.4) is 0 Å². The molecule has 1 fully saturated rings. The second-order valence-corrected chi connectivity index (χ2v) is 4.47. The highest BCUT2D eigenvalue weighted by molar-refractivity contribution is 5.89. The molecule has 0 bridgehead atoms. The van der Waals surface area contributed by atoms with Crippen molar-refractivity contribution >= 4 is 5.97 Å². The van der Waals surface area contributed by atoms with E-state index in [1.165, 1.54) is 12.1 Å². The van der Waals surface area contributed by atoms with E-state index in [2.05, 4.69) is 0 Å². The molecule has 1 aliphatic rings. The van der Waals surface area contributed by atoms with Crippen LogP contribution in [-0.2, 0) is 9.47 Å². The van der Waals surface area contributed by atoms with Gasteiger partial charge in [0.15, 0.2) is 0 Å². The Balaban J connectivity index is 2.06. The summed E-state index contributed by atoms with van der Waals surface area (Å²) in [7, 11) is 0. The van der Waals surface area contributed by atoms with Crippen molar-refractivity contribution in [2.45, 2.75) is 30.7 Å². The Morgan fingerprint density at radius 3 is 2.35 bits per heavy atom. The number of hydrogen-bond acceptors (Lipinski definition) is 7. The van der Waals surface area contributed by atoms with Gasteiger partial charge in [-0.1, -0.05) is 18.2 Å². The molecule has 1 heterocycles. The number of rotatable bonds is 3. The molecular weight excluding hydrogens is 268 g/mol. The van der Waals surface area contributed by atoms with E-state index < -0.39 is 43.3 Å². The van der Waals surface area contributed by atoms with Gasteiger partial charge < -0.3 is 29.9 Å². The van der Waals surface area contributed by atoms with Gasteiger partial charge in [0.05, 0.1) is 12.2 Å². The Kier molecular flexibility index (Phi) is 4.69. The minimum absolute atomic E-state index is 0.254. The van der Waals surface area contributed by atoms with Crippen LogP contribution in [0.5, 0.6) is 0 Å². The predicted molar refractivity (Wildman–Crippen MR) is 65.6 cm³/mol. The Hall–Kier alpha value is -1.51. The lowest BCUT2D eigenvalue weighted by molar-refractivity contribution is -0.285. The molecule has 0 radical (unpaired) electrons. The fourth-order valence-electron chi connectivity index (χ4n) is 1.91. The van der Waals surface area contributed by atoms with Crippen molar-refractivity contribution in [3.05, 3.63) is 35.9 Å². The zero-order chi connectivity index (χ0) is 14.7. The molecule has 1 aromatic carbocycles. The van der Waals surface area contributed by atoms with Gasteiger partial charge >= 0.3 is 5.97 Å². The summed E-state index contributed by atoms with van der Waals surface area (Å²) in [5.41, 5.74) is 0.254. The van der Waals surface area contributed by atoms with Crippen molar-refractivity contribution in [1.82, 2.24) is 0 Å². The first-order chi connectivity index (χ1) is 9.54.